The van der Waals surface area contributed by atoms with Gasteiger partial charge < -0.3 is 15.2 Å². The van der Waals surface area contributed by atoms with E-state index >= 15 is 0 Å². The van der Waals surface area contributed by atoms with E-state index < -0.39 is 23.8 Å². The van der Waals surface area contributed by atoms with Crippen LogP contribution in [-0.4, -0.2) is 56.6 Å². The molecule has 12 heteroatoms. The summed E-state index contributed by atoms with van der Waals surface area (Å²) >= 11 is 0. The van der Waals surface area contributed by atoms with E-state index in [-0.39, 0.29) is 36.5 Å². The molecule has 0 radical (unpaired) electrons. The van der Waals surface area contributed by atoms with Crippen LogP contribution in [0.15, 0.2) is 54.7 Å². The maximum Gasteiger partial charge on any atom is 0.416 e. The van der Waals surface area contributed by atoms with Gasteiger partial charge in [0, 0.05) is 25.2 Å². The van der Waals surface area contributed by atoms with E-state index in [2.05, 4.69) is 20.4 Å². The molecule has 2 aromatic carbocycles. The third-order valence-electron chi connectivity index (χ3n) is 6.05. The molecular formula is C24H24F3N5O4. The van der Waals surface area contributed by atoms with Gasteiger partial charge in [-0.25, -0.2) is 9.48 Å². The van der Waals surface area contributed by atoms with Crippen molar-refractivity contribution in [3.63, 3.8) is 0 Å². The Morgan fingerprint density at radius 1 is 1.19 bits per heavy atom. The predicted molar refractivity (Wildman–Crippen MR) is 121 cm³/mol. The van der Waals surface area contributed by atoms with Crippen molar-refractivity contribution >= 4 is 11.9 Å². The second-order valence-electron chi connectivity index (χ2n) is 8.45. The van der Waals surface area contributed by atoms with Gasteiger partial charge in [-0.2, -0.15) is 13.2 Å². The molecule has 1 aliphatic rings. The number of esters is 1. The fourth-order valence-corrected chi connectivity index (χ4v) is 4.20. The van der Waals surface area contributed by atoms with Crippen molar-refractivity contribution in [2.75, 3.05) is 13.7 Å². The van der Waals surface area contributed by atoms with Gasteiger partial charge in [0.2, 0.25) is 5.91 Å². The van der Waals surface area contributed by atoms with Crippen LogP contribution in [0.5, 0.6) is 5.75 Å². The second-order valence-corrected chi connectivity index (χ2v) is 8.45. The van der Waals surface area contributed by atoms with Crippen molar-refractivity contribution in [1.29, 1.82) is 0 Å². The van der Waals surface area contributed by atoms with E-state index in [1.165, 1.54) is 30.1 Å². The standard InChI is InChI=1S/C24H24F3N5O4/c1-36-23(35)19-14-32(30-29-19)18-10-20(31(13-18)12-16-6-2-3-8-21(16)33)22(34)28-11-15-5-4-7-17(9-15)24(25,26)27/h2-9,14,18,20,33H,10-13H2,1H3,(H,28,34)/t18-,20+/m1/s1. The van der Waals surface area contributed by atoms with Gasteiger partial charge in [0.15, 0.2) is 5.69 Å². The molecule has 3 aromatic rings. The lowest BCUT2D eigenvalue weighted by Crippen LogP contribution is -2.42. The maximum atomic E-state index is 13.2. The minimum atomic E-state index is -4.48. The summed E-state index contributed by atoms with van der Waals surface area (Å²) in [4.78, 5) is 26.8. The molecule has 1 fully saturated rings. The third kappa shape index (κ3) is 5.65. The van der Waals surface area contributed by atoms with E-state index in [1.54, 1.807) is 24.3 Å². The zero-order chi connectivity index (χ0) is 25.9. The fraction of sp³-hybridized carbons (Fsp3) is 0.333. The van der Waals surface area contributed by atoms with E-state index in [0.717, 1.165) is 12.1 Å². The van der Waals surface area contributed by atoms with Gasteiger partial charge in [-0.1, -0.05) is 35.5 Å². The largest absolute Gasteiger partial charge is 0.508 e. The number of halogens is 3. The molecule has 2 heterocycles. The zero-order valence-corrected chi connectivity index (χ0v) is 19.3. The van der Waals surface area contributed by atoms with Crippen molar-refractivity contribution in [2.24, 2.45) is 0 Å². The first-order valence-corrected chi connectivity index (χ1v) is 11.1. The van der Waals surface area contributed by atoms with Gasteiger partial charge >= 0.3 is 12.1 Å². The highest BCUT2D eigenvalue weighted by Gasteiger charge is 2.38. The number of carbonyl (C=O) groups excluding carboxylic acids is 2. The van der Waals surface area contributed by atoms with Crippen molar-refractivity contribution in [1.82, 2.24) is 25.2 Å². The summed E-state index contributed by atoms with van der Waals surface area (Å²) in [5.74, 6) is -0.933. The van der Waals surface area contributed by atoms with Crippen molar-refractivity contribution in [3.8, 4) is 5.75 Å². The molecule has 1 saturated heterocycles. The highest BCUT2D eigenvalue weighted by molar-refractivity contribution is 5.86. The van der Waals surface area contributed by atoms with Crippen molar-refractivity contribution < 1.29 is 32.6 Å². The second kappa shape index (κ2) is 10.4. The average molecular weight is 503 g/mol. The summed E-state index contributed by atoms with van der Waals surface area (Å²) in [6, 6.07) is 10.6. The molecule has 0 unspecified atom stereocenters. The molecule has 190 valence electrons. The number of ether oxygens (including phenoxy) is 1. The van der Waals surface area contributed by atoms with Gasteiger partial charge in [-0.3, -0.25) is 9.69 Å². The van der Waals surface area contributed by atoms with E-state index in [0.29, 0.717) is 24.1 Å². The molecule has 0 saturated carbocycles. The number of aromatic hydroxyl groups is 1. The number of likely N-dealkylation sites (tertiary alicyclic amines) is 1. The summed E-state index contributed by atoms with van der Waals surface area (Å²) < 4.78 is 45.2. The molecule has 9 nitrogen and oxygen atoms in total. The van der Waals surface area contributed by atoms with Crippen LogP contribution in [0.3, 0.4) is 0 Å². The van der Waals surface area contributed by atoms with Gasteiger partial charge in [0.25, 0.3) is 0 Å². The lowest BCUT2D eigenvalue weighted by Gasteiger charge is -2.24. The Hall–Kier alpha value is -3.93. The van der Waals surface area contributed by atoms with Crippen LogP contribution in [0.1, 0.15) is 39.6 Å². The summed E-state index contributed by atoms with van der Waals surface area (Å²) in [5.41, 5.74) is 0.174. The summed E-state index contributed by atoms with van der Waals surface area (Å²) in [6.45, 7) is 0.535. The number of carbonyl (C=O) groups is 2. The van der Waals surface area contributed by atoms with Crippen molar-refractivity contribution in [2.45, 2.75) is 37.8 Å². The Kier molecular flexibility index (Phi) is 7.25. The minimum Gasteiger partial charge on any atom is -0.508 e. The number of methoxy groups -OCH3 is 1. The van der Waals surface area contributed by atoms with Crippen LogP contribution in [0, 0.1) is 0 Å². The number of phenols is 1. The number of hydrogen-bond acceptors (Lipinski definition) is 7. The Morgan fingerprint density at radius 3 is 2.69 bits per heavy atom. The van der Waals surface area contributed by atoms with Gasteiger partial charge in [0.1, 0.15) is 5.75 Å². The molecule has 1 aliphatic heterocycles. The summed E-state index contributed by atoms with van der Waals surface area (Å²) in [6.07, 6.45) is -2.72. The number of phenolic OH excluding ortho intramolecular Hbond substituents is 1. The SMILES string of the molecule is COC(=O)c1cn([C@@H]2C[C@@H](C(=O)NCc3cccc(C(F)(F)F)c3)N(Cc3ccccc3O)C2)nn1. The molecule has 1 aromatic heterocycles. The van der Waals surface area contributed by atoms with Gasteiger partial charge in [-0.15, -0.1) is 5.10 Å². The lowest BCUT2D eigenvalue weighted by atomic mass is 10.1. The van der Waals surface area contributed by atoms with E-state index in [9.17, 15) is 27.9 Å². The van der Waals surface area contributed by atoms with Gasteiger partial charge in [0.05, 0.1) is 31.0 Å². The Balaban J connectivity index is 1.51. The third-order valence-corrected chi connectivity index (χ3v) is 6.05. The molecule has 2 N–H and O–H groups in total. The van der Waals surface area contributed by atoms with Crippen LogP contribution >= 0.6 is 0 Å². The van der Waals surface area contributed by atoms with Gasteiger partial charge in [-0.05, 0) is 30.2 Å². The first kappa shape index (κ1) is 25.2. The predicted octanol–water partition coefficient (Wildman–Crippen LogP) is 2.92. The topological polar surface area (TPSA) is 110 Å². The summed E-state index contributed by atoms with van der Waals surface area (Å²) in [7, 11) is 1.23. The first-order valence-electron chi connectivity index (χ1n) is 11.1. The van der Waals surface area contributed by atoms with E-state index in [4.69, 9.17) is 0 Å². The highest BCUT2D eigenvalue weighted by Crippen LogP contribution is 2.31. The molecule has 36 heavy (non-hydrogen) atoms. The smallest absolute Gasteiger partial charge is 0.416 e. The number of amides is 1. The first-order chi connectivity index (χ1) is 17.2. The minimum absolute atomic E-state index is 0.0298. The molecular weight excluding hydrogens is 479 g/mol. The Bertz CT molecular complexity index is 1250. The van der Waals surface area contributed by atoms with E-state index in [1.807, 2.05) is 4.90 Å². The number of alkyl halides is 3. The Morgan fingerprint density at radius 2 is 1.97 bits per heavy atom. The molecule has 0 bridgehead atoms. The number of nitrogens with one attached hydrogen (secondary N) is 1. The molecule has 0 spiro atoms. The number of para-hydroxylation sites is 1. The zero-order valence-electron chi connectivity index (χ0n) is 19.3. The summed E-state index contributed by atoms with van der Waals surface area (Å²) in [5, 5.41) is 20.8. The molecule has 1 amide bonds. The average Bonchev–Trinajstić information content (AvgIpc) is 3.51. The molecule has 4 rings (SSSR count). The lowest BCUT2D eigenvalue weighted by molar-refractivity contribution is -0.137. The normalized spacial score (nSPS) is 18.2. The maximum absolute atomic E-state index is 13.2. The number of nitrogens with zero attached hydrogens (tertiary/aromatic N) is 4. The monoisotopic (exact) mass is 503 g/mol. The molecule has 0 aliphatic carbocycles. The fourth-order valence-electron chi connectivity index (χ4n) is 4.20. The van der Waals surface area contributed by atoms with Crippen molar-refractivity contribution in [3.05, 3.63) is 77.1 Å². The molecule has 2 atom stereocenters. The van der Waals surface area contributed by atoms with Crippen LogP contribution in [0.2, 0.25) is 0 Å². The quantitative estimate of drug-likeness (QED) is 0.477. The van der Waals surface area contributed by atoms with Crippen LogP contribution in [0.25, 0.3) is 0 Å². The Labute approximate surface area is 204 Å². The van der Waals surface area contributed by atoms with Crippen LogP contribution in [0.4, 0.5) is 13.2 Å². The number of benzene rings is 2. The highest BCUT2D eigenvalue weighted by atomic mass is 19.4. The number of hydrogen-bond donors (Lipinski definition) is 2. The number of rotatable bonds is 7. The number of aromatic nitrogens is 3. The van der Waals surface area contributed by atoms with Crippen LogP contribution < -0.4 is 5.32 Å². The van der Waals surface area contributed by atoms with Crippen LogP contribution in [-0.2, 0) is 28.8 Å².